The Balaban J connectivity index is 4.25. The molecule has 0 radical (unpaired) electrons. The summed E-state index contributed by atoms with van der Waals surface area (Å²) in [6.45, 7) is 9.40. The highest BCUT2D eigenvalue weighted by atomic mass is 16.1. The Labute approximate surface area is 86.9 Å². The maximum Gasteiger partial charge on any atom is 0.158 e. The molecule has 0 spiro atoms. The molecule has 0 heterocycles. The minimum absolute atomic E-state index is 0.215. The van der Waals surface area contributed by atoms with Gasteiger partial charge < -0.3 is 5.73 Å². The van der Waals surface area contributed by atoms with E-state index < -0.39 is 5.54 Å². The SMILES string of the molecule is C=CC(C)(N)C/C=C(\C)C(=O)CCC. The Bertz CT molecular complexity index is 239. The van der Waals surface area contributed by atoms with E-state index >= 15 is 0 Å². The van der Waals surface area contributed by atoms with Crippen LogP contribution in [-0.4, -0.2) is 11.3 Å². The fraction of sp³-hybridized carbons (Fsp3) is 0.583. The number of rotatable bonds is 6. The number of nitrogens with two attached hydrogens (primary N) is 1. The second-order valence-electron chi connectivity index (χ2n) is 3.97. The maximum absolute atomic E-state index is 11.4. The zero-order valence-electron chi connectivity index (χ0n) is 9.47. The van der Waals surface area contributed by atoms with Crippen molar-refractivity contribution in [3.05, 3.63) is 24.3 Å². The molecule has 2 N–H and O–H groups in total. The van der Waals surface area contributed by atoms with Gasteiger partial charge in [-0.15, -0.1) is 6.58 Å². The first-order valence-electron chi connectivity index (χ1n) is 5.05. The average molecular weight is 195 g/mol. The molecule has 0 aromatic carbocycles. The normalized spacial score (nSPS) is 16.1. The summed E-state index contributed by atoms with van der Waals surface area (Å²) >= 11 is 0. The van der Waals surface area contributed by atoms with E-state index in [0.717, 1.165) is 12.0 Å². The van der Waals surface area contributed by atoms with Gasteiger partial charge in [0.2, 0.25) is 0 Å². The molecular formula is C12H21NO. The summed E-state index contributed by atoms with van der Waals surface area (Å²) in [5.74, 6) is 0.215. The standard InChI is InChI=1S/C12H21NO/c1-5-7-11(14)10(3)8-9-12(4,13)6-2/h6,8H,2,5,7,9,13H2,1,3-4H3/b10-8+. The third-order valence-electron chi connectivity index (χ3n) is 2.23. The van der Waals surface area contributed by atoms with Gasteiger partial charge >= 0.3 is 0 Å². The predicted octanol–water partition coefficient (Wildman–Crippen LogP) is 2.60. The topological polar surface area (TPSA) is 43.1 Å². The third kappa shape index (κ3) is 4.97. The zero-order valence-corrected chi connectivity index (χ0v) is 9.47. The first kappa shape index (κ1) is 13.1. The minimum atomic E-state index is -0.409. The molecule has 0 bridgehead atoms. The summed E-state index contributed by atoms with van der Waals surface area (Å²) in [6, 6.07) is 0. The lowest BCUT2D eigenvalue weighted by Gasteiger charge is -2.17. The predicted molar refractivity (Wildman–Crippen MR) is 61.1 cm³/mol. The summed E-state index contributed by atoms with van der Waals surface area (Å²) in [5.41, 5.74) is 6.27. The number of carbonyl (C=O) groups is 1. The van der Waals surface area contributed by atoms with Gasteiger partial charge in [0.15, 0.2) is 5.78 Å². The molecule has 0 fully saturated rings. The van der Waals surface area contributed by atoms with Crippen LogP contribution in [0.25, 0.3) is 0 Å². The highest BCUT2D eigenvalue weighted by Gasteiger charge is 2.12. The van der Waals surface area contributed by atoms with Crippen LogP contribution in [0.4, 0.5) is 0 Å². The van der Waals surface area contributed by atoms with Gasteiger partial charge in [0.25, 0.3) is 0 Å². The number of ketones is 1. The van der Waals surface area contributed by atoms with Crippen LogP contribution in [0.15, 0.2) is 24.3 Å². The fourth-order valence-corrected chi connectivity index (χ4v) is 0.994. The molecule has 0 aromatic heterocycles. The van der Waals surface area contributed by atoms with Gasteiger partial charge in [-0.05, 0) is 32.3 Å². The van der Waals surface area contributed by atoms with Crippen molar-refractivity contribution < 1.29 is 4.79 Å². The summed E-state index contributed by atoms with van der Waals surface area (Å²) in [7, 11) is 0. The van der Waals surface area contributed by atoms with Gasteiger partial charge in [-0.1, -0.05) is 19.1 Å². The first-order valence-corrected chi connectivity index (χ1v) is 5.05. The molecule has 0 aliphatic heterocycles. The van der Waals surface area contributed by atoms with Crippen molar-refractivity contribution in [2.45, 2.75) is 45.6 Å². The molecule has 2 nitrogen and oxygen atoms in total. The molecule has 0 amide bonds. The number of Topliss-reactive ketones (excluding diaryl/α,β-unsaturated/α-hetero) is 1. The number of hydrogen-bond acceptors (Lipinski definition) is 2. The van der Waals surface area contributed by atoms with Crippen LogP contribution >= 0.6 is 0 Å². The Kier molecular flexibility index (Phi) is 5.39. The van der Waals surface area contributed by atoms with Gasteiger partial charge in [0.05, 0.1) is 0 Å². The molecule has 1 unspecified atom stereocenters. The quantitative estimate of drug-likeness (QED) is 0.523. The van der Waals surface area contributed by atoms with Crippen molar-refractivity contribution in [1.29, 1.82) is 0 Å². The second-order valence-corrected chi connectivity index (χ2v) is 3.97. The largest absolute Gasteiger partial charge is 0.322 e. The molecule has 0 saturated heterocycles. The van der Waals surface area contributed by atoms with E-state index in [-0.39, 0.29) is 5.78 Å². The lowest BCUT2D eigenvalue weighted by molar-refractivity contribution is -0.115. The van der Waals surface area contributed by atoms with Crippen LogP contribution in [0, 0.1) is 0 Å². The Morgan fingerprint density at radius 2 is 2.14 bits per heavy atom. The van der Waals surface area contributed by atoms with Gasteiger partial charge in [0, 0.05) is 12.0 Å². The summed E-state index contributed by atoms with van der Waals surface area (Å²) in [4.78, 5) is 11.4. The van der Waals surface area contributed by atoms with Gasteiger partial charge in [-0.25, -0.2) is 0 Å². The Morgan fingerprint density at radius 3 is 2.57 bits per heavy atom. The molecular weight excluding hydrogens is 174 g/mol. The van der Waals surface area contributed by atoms with E-state index in [1.165, 1.54) is 0 Å². The number of hydrogen-bond donors (Lipinski definition) is 1. The molecule has 1 atom stereocenters. The van der Waals surface area contributed by atoms with Crippen molar-refractivity contribution in [1.82, 2.24) is 0 Å². The van der Waals surface area contributed by atoms with Crippen LogP contribution in [0.1, 0.15) is 40.0 Å². The number of carbonyl (C=O) groups excluding carboxylic acids is 1. The van der Waals surface area contributed by atoms with Crippen molar-refractivity contribution >= 4 is 5.78 Å². The molecule has 0 aliphatic rings. The van der Waals surface area contributed by atoms with Crippen molar-refractivity contribution in [3.63, 3.8) is 0 Å². The Morgan fingerprint density at radius 1 is 1.57 bits per heavy atom. The van der Waals surface area contributed by atoms with E-state index in [4.69, 9.17) is 5.73 Å². The van der Waals surface area contributed by atoms with Gasteiger partial charge in [0.1, 0.15) is 0 Å². The lowest BCUT2D eigenvalue weighted by atomic mass is 9.97. The van der Waals surface area contributed by atoms with E-state index in [9.17, 15) is 4.79 Å². The highest BCUT2D eigenvalue weighted by molar-refractivity contribution is 5.94. The van der Waals surface area contributed by atoms with Crippen LogP contribution in [0.3, 0.4) is 0 Å². The van der Waals surface area contributed by atoms with E-state index in [1.54, 1.807) is 6.08 Å². The highest BCUT2D eigenvalue weighted by Crippen LogP contribution is 2.11. The van der Waals surface area contributed by atoms with Crippen molar-refractivity contribution in [2.24, 2.45) is 5.73 Å². The van der Waals surface area contributed by atoms with E-state index in [1.807, 2.05) is 26.8 Å². The van der Waals surface area contributed by atoms with Crippen molar-refractivity contribution in [2.75, 3.05) is 0 Å². The molecule has 0 saturated carbocycles. The summed E-state index contributed by atoms with van der Waals surface area (Å²) in [6.07, 6.45) is 5.79. The summed E-state index contributed by atoms with van der Waals surface area (Å²) < 4.78 is 0. The van der Waals surface area contributed by atoms with Crippen molar-refractivity contribution in [3.8, 4) is 0 Å². The van der Waals surface area contributed by atoms with E-state index in [2.05, 4.69) is 6.58 Å². The molecule has 0 rings (SSSR count). The lowest BCUT2D eigenvalue weighted by Crippen LogP contribution is -2.32. The fourth-order valence-electron chi connectivity index (χ4n) is 0.994. The second kappa shape index (κ2) is 5.76. The molecule has 80 valence electrons. The Hall–Kier alpha value is -0.890. The average Bonchev–Trinajstić information content (AvgIpc) is 2.15. The minimum Gasteiger partial charge on any atom is -0.322 e. The van der Waals surface area contributed by atoms with Crippen LogP contribution < -0.4 is 5.73 Å². The van der Waals surface area contributed by atoms with Crippen LogP contribution in [0.5, 0.6) is 0 Å². The number of allylic oxidation sites excluding steroid dienone is 1. The molecule has 14 heavy (non-hydrogen) atoms. The smallest absolute Gasteiger partial charge is 0.158 e. The maximum atomic E-state index is 11.4. The zero-order chi connectivity index (χ0) is 11.2. The molecule has 2 heteroatoms. The van der Waals surface area contributed by atoms with E-state index in [0.29, 0.717) is 12.8 Å². The third-order valence-corrected chi connectivity index (χ3v) is 2.23. The van der Waals surface area contributed by atoms with Gasteiger partial charge in [-0.3, -0.25) is 4.79 Å². The molecule has 0 aromatic rings. The summed E-state index contributed by atoms with van der Waals surface area (Å²) in [5, 5.41) is 0. The molecule has 0 aliphatic carbocycles. The van der Waals surface area contributed by atoms with Crippen LogP contribution in [-0.2, 0) is 4.79 Å². The van der Waals surface area contributed by atoms with Crippen LogP contribution in [0.2, 0.25) is 0 Å². The van der Waals surface area contributed by atoms with Gasteiger partial charge in [-0.2, -0.15) is 0 Å². The first-order chi connectivity index (χ1) is 6.43. The monoisotopic (exact) mass is 195 g/mol.